The number of benzene rings is 1. The molecule has 1 aliphatic heterocycles. The van der Waals surface area contributed by atoms with Crippen LogP contribution in [0.2, 0.25) is 5.02 Å². The minimum absolute atomic E-state index is 0.0387. The van der Waals surface area contributed by atoms with Crippen molar-refractivity contribution in [1.29, 1.82) is 0 Å². The summed E-state index contributed by atoms with van der Waals surface area (Å²) in [5.41, 5.74) is 0.399. The zero-order valence-electron chi connectivity index (χ0n) is 16.0. The molecule has 6 atom stereocenters. The molecule has 0 radical (unpaired) electrons. The molecule has 2 bridgehead atoms. The third kappa shape index (κ3) is 4.32. The highest BCUT2D eigenvalue weighted by Crippen LogP contribution is 2.60. The van der Waals surface area contributed by atoms with E-state index in [-0.39, 0.29) is 58.1 Å². The van der Waals surface area contributed by atoms with Crippen molar-refractivity contribution in [3.63, 3.8) is 0 Å². The summed E-state index contributed by atoms with van der Waals surface area (Å²) in [5, 5.41) is 2.90. The van der Waals surface area contributed by atoms with Gasteiger partial charge >= 0.3 is 5.97 Å². The minimum Gasteiger partial charge on any atom is -0.456 e. The maximum absolute atomic E-state index is 12.8. The Morgan fingerprint density at radius 3 is 2.32 bits per heavy atom. The van der Waals surface area contributed by atoms with Gasteiger partial charge in [-0.25, -0.2) is 0 Å². The molecule has 11 heteroatoms. The second-order valence-electron chi connectivity index (χ2n) is 7.91. The van der Waals surface area contributed by atoms with Crippen LogP contribution in [0.1, 0.15) is 12.8 Å². The highest BCUT2D eigenvalue weighted by molar-refractivity contribution is 9.12. The fraction of sp³-hybridized carbons (Fsp3) is 0.500. The van der Waals surface area contributed by atoms with Gasteiger partial charge in [-0.2, -0.15) is 0 Å². The molecule has 1 heterocycles. The van der Waals surface area contributed by atoms with Gasteiger partial charge in [-0.3, -0.25) is 24.1 Å². The summed E-state index contributed by atoms with van der Waals surface area (Å²) in [6.07, 6.45) is 0.695. The van der Waals surface area contributed by atoms with Crippen molar-refractivity contribution < 1.29 is 23.9 Å². The molecule has 3 fully saturated rings. The molecule has 7 nitrogen and oxygen atoms in total. The fourth-order valence-electron chi connectivity index (χ4n) is 4.83. The molecule has 3 amide bonds. The monoisotopic (exact) mass is 638 g/mol. The largest absolute Gasteiger partial charge is 0.456 e. The van der Waals surface area contributed by atoms with Crippen molar-refractivity contribution >= 4 is 88.8 Å². The molecule has 0 spiro atoms. The summed E-state index contributed by atoms with van der Waals surface area (Å²) in [6.45, 7) is -0.526. The first-order valence-electron chi connectivity index (χ1n) is 9.73. The average molecular weight is 642 g/mol. The van der Waals surface area contributed by atoms with Crippen LogP contribution in [0.5, 0.6) is 0 Å². The smallest absolute Gasteiger partial charge is 0.308 e. The number of esters is 1. The molecule has 31 heavy (non-hydrogen) atoms. The zero-order chi connectivity index (χ0) is 22.4. The van der Waals surface area contributed by atoms with Crippen molar-refractivity contribution in [2.45, 2.75) is 22.5 Å². The third-order valence-electron chi connectivity index (χ3n) is 6.19. The lowest BCUT2D eigenvalue weighted by molar-refractivity contribution is -0.149. The van der Waals surface area contributed by atoms with Crippen LogP contribution in [0.4, 0.5) is 5.69 Å². The van der Waals surface area contributed by atoms with Gasteiger partial charge in [0, 0.05) is 20.7 Å². The van der Waals surface area contributed by atoms with Crippen molar-refractivity contribution in [2.24, 2.45) is 23.7 Å². The first-order valence-corrected chi connectivity index (χ1v) is 12.7. The van der Waals surface area contributed by atoms with E-state index in [1.54, 1.807) is 18.2 Å². The van der Waals surface area contributed by atoms with Crippen molar-refractivity contribution in [3.05, 3.63) is 27.7 Å². The van der Waals surface area contributed by atoms with Crippen LogP contribution in [-0.2, 0) is 23.9 Å². The van der Waals surface area contributed by atoms with Crippen LogP contribution in [0, 0.1) is 23.7 Å². The maximum atomic E-state index is 12.8. The molecule has 0 unspecified atom stereocenters. The lowest BCUT2D eigenvalue weighted by atomic mass is 9.81. The van der Waals surface area contributed by atoms with E-state index in [9.17, 15) is 19.2 Å². The van der Waals surface area contributed by atoms with Gasteiger partial charge in [-0.05, 0) is 36.5 Å². The van der Waals surface area contributed by atoms with Crippen molar-refractivity contribution in [2.75, 3.05) is 18.5 Å². The highest BCUT2D eigenvalue weighted by Gasteiger charge is 2.66. The van der Waals surface area contributed by atoms with Gasteiger partial charge < -0.3 is 10.1 Å². The molecule has 1 aromatic carbocycles. The number of ether oxygens (including phenoxy) is 1. The number of imide groups is 1. The SMILES string of the molecule is O=C(COC(=O)CCN1C(=O)[C@@H]2[C@H]3C[C@@H]([C@@H](Br)[C@H]3Br)[C@H]2C1=O)Nc1ccc(Br)cc1Cl. The molecular formula is C20H18Br3ClN2O5. The Balaban J connectivity index is 1.26. The Labute approximate surface area is 208 Å². The predicted molar refractivity (Wildman–Crippen MR) is 124 cm³/mol. The van der Waals surface area contributed by atoms with E-state index < -0.39 is 18.5 Å². The second kappa shape index (κ2) is 9.11. The van der Waals surface area contributed by atoms with Gasteiger partial charge in [0.05, 0.1) is 29.0 Å². The number of nitrogens with zero attached hydrogens (tertiary/aromatic N) is 1. The second-order valence-corrected chi connectivity index (χ2v) is 11.4. The topological polar surface area (TPSA) is 92.8 Å². The number of alkyl halides is 2. The number of amides is 3. The first kappa shape index (κ1) is 23.2. The average Bonchev–Trinajstić information content (AvgIpc) is 3.32. The van der Waals surface area contributed by atoms with Crippen LogP contribution >= 0.6 is 59.4 Å². The number of carbonyl (C=O) groups excluding carboxylic acids is 4. The zero-order valence-corrected chi connectivity index (χ0v) is 21.5. The molecule has 166 valence electrons. The Morgan fingerprint density at radius 2 is 1.74 bits per heavy atom. The minimum atomic E-state index is -0.658. The standard InChI is InChI=1S/C20H18Br3ClN2O5/c21-8-1-2-12(11(24)5-8)25-13(27)7-31-14(28)3-4-26-19(29)15-9-6-10(16(15)20(26)30)18(23)17(9)22/h1-2,5,9-10,15-18H,3-4,6-7H2,(H,25,27)/t9-,10-,15-,16-,17-,18+/m1/s1. The predicted octanol–water partition coefficient (Wildman–Crippen LogP) is 3.75. The third-order valence-corrected chi connectivity index (χ3v) is 10.2. The summed E-state index contributed by atoms with van der Waals surface area (Å²) < 4.78 is 5.75. The van der Waals surface area contributed by atoms with E-state index in [1.807, 2.05) is 0 Å². The molecule has 3 aliphatic rings. The summed E-state index contributed by atoms with van der Waals surface area (Å²) in [5.74, 6) is -1.98. The van der Waals surface area contributed by atoms with Gasteiger partial charge in [0.1, 0.15) is 0 Å². The molecule has 1 saturated heterocycles. The van der Waals surface area contributed by atoms with Crippen molar-refractivity contribution in [3.8, 4) is 0 Å². The van der Waals surface area contributed by atoms with E-state index in [0.29, 0.717) is 10.7 Å². The number of halogens is 4. The number of rotatable bonds is 6. The van der Waals surface area contributed by atoms with Crippen LogP contribution in [0.15, 0.2) is 22.7 Å². The fourth-order valence-corrected chi connectivity index (χ4v) is 7.42. The van der Waals surface area contributed by atoms with Gasteiger partial charge in [0.25, 0.3) is 5.91 Å². The lowest BCUT2D eigenvalue weighted by Crippen LogP contribution is -2.37. The van der Waals surface area contributed by atoms with E-state index >= 15 is 0 Å². The molecule has 1 N–H and O–H groups in total. The quantitative estimate of drug-likeness (QED) is 0.291. The van der Waals surface area contributed by atoms with Gasteiger partial charge in [-0.1, -0.05) is 59.4 Å². The summed E-state index contributed by atoms with van der Waals surface area (Å²) in [4.78, 5) is 51.2. The summed E-state index contributed by atoms with van der Waals surface area (Å²) in [6, 6.07) is 4.97. The maximum Gasteiger partial charge on any atom is 0.308 e. The Hall–Kier alpha value is -0.970. The van der Waals surface area contributed by atoms with E-state index in [1.165, 1.54) is 4.90 Å². The van der Waals surface area contributed by atoms with E-state index in [0.717, 1.165) is 10.9 Å². The first-order chi connectivity index (χ1) is 14.7. The number of hydrogen-bond donors (Lipinski definition) is 1. The van der Waals surface area contributed by atoms with Crippen LogP contribution in [-0.4, -0.2) is 51.4 Å². The molecule has 0 aromatic heterocycles. The molecule has 2 aliphatic carbocycles. The molecule has 4 rings (SSSR count). The van der Waals surface area contributed by atoms with Gasteiger partial charge in [0.2, 0.25) is 11.8 Å². The Bertz CT molecular complexity index is 929. The summed E-state index contributed by atoms with van der Waals surface area (Å²) >= 11 is 16.6. The molecular weight excluding hydrogens is 623 g/mol. The molecule has 2 saturated carbocycles. The number of hydrogen-bond acceptors (Lipinski definition) is 5. The van der Waals surface area contributed by atoms with Gasteiger partial charge in [0.15, 0.2) is 6.61 Å². The number of carbonyl (C=O) groups is 4. The van der Waals surface area contributed by atoms with Crippen LogP contribution in [0.3, 0.4) is 0 Å². The van der Waals surface area contributed by atoms with E-state index in [2.05, 4.69) is 53.1 Å². The Kier molecular flexibility index (Phi) is 6.82. The van der Waals surface area contributed by atoms with Crippen LogP contribution < -0.4 is 5.32 Å². The number of anilines is 1. The normalized spacial score (nSPS) is 31.2. The summed E-state index contributed by atoms with van der Waals surface area (Å²) in [7, 11) is 0. The van der Waals surface area contributed by atoms with Crippen LogP contribution in [0.25, 0.3) is 0 Å². The number of likely N-dealkylation sites (tertiary alicyclic amines) is 1. The highest BCUT2D eigenvalue weighted by atomic mass is 79.9. The number of nitrogens with one attached hydrogen (secondary N) is 1. The number of fused-ring (bicyclic) bond motifs is 5. The Morgan fingerprint density at radius 1 is 1.13 bits per heavy atom. The van der Waals surface area contributed by atoms with Crippen molar-refractivity contribution in [1.82, 2.24) is 4.90 Å². The molecule has 1 aromatic rings. The lowest BCUT2D eigenvalue weighted by Gasteiger charge is -2.28. The van der Waals surface area contributed by atoms with E-state index in [4.69, 9.17) is 16.3 Å². The van der Waals surface area contributed by atoms with Gasteiger partial charge in [-0.15, -0.1) is 0 Å².